The smallest absolute Gasteiger partial charge is 0.228 e. The van der Waals surface area contributed by atoms with Crippen molar-refractivity contribution in [2.24, 2.45) is 0 Å². The molecule has 2 N–H and O–H groups in total. The molecule has 26 heavy (non-hydrogen) atoms. The fourth-order valence-corrected chi connectivity index (χ4v) is 3.38. The van der Waals surface area contributed by atoms with Gasteiger partial charge in [0.1, 0.15) is 0 Å². The van der Waals surface area contributed by atoms with Crippen LogP contribution in [0.25, 0.3) is 0 Å². The van der Waals surface area contributed by atoms with Crippen LogP contribution in [0.5, 0.6) is 0 Å². The van der Waals surface area contributed by atoms with Crippen molar-refractivity contribution in [3.05, 3.63) is 59.7 Å². The number of likely N-dealkylation sites (N-methyl/N-ethyl adjacent to an activating group) is 1. The van der Waals surface area contributed by atoms with Crippen LogP contribution in [0.2, 0.25) is 0 Å². The summed E-state index contributed by atoms with van der Waals surface area (Å²) in [4.78, 5) is 26.8. The molecule has 0 fully saturated rings. The van der Waals surface area contributed by atoms with Crippen LogP contribution in [0.1, 0.15) is 30.4 Å². The molecule has 5 heteroatoms. The molecule has 2 aromatic carbocycles. The molecule has 5 nitrogen and oxygen atoms in total. The molecule has 136 valence electrons. The quantitative estimate of drug-likeness (QED) is 0.841. The second-order valence-electron chi connectivity index (χ2n) is 6.60. The van der Waals surface area contributed by atoms with Gasteiger partial charge < -0.3 is 15.5 Å². The van der Waals surface area contributed by atoms with Crippen molar-refractivity contribution < 1.29 is 9.59 Å². The Morgan fingerprint density at radius 1 is 1.23 bits per heavy atom. The molecule has 2 aromatic rings. The fraction of sp³-hybridized carbons (Fsp3) is 0.333. The van der Waals surface area contributed by atoms with E-state index in [1.807, 2.05) is 30.3 Å². The van der Waals surface area contributed by atoms with Gasteiger partial charge in [-0.15, -0.1) is 0 Å². The third kappa shape index (κ3) is 4.04. The summed E-state index contributed by atoms with van der Waals surface area (Å²) >= 11 is 0. The van der Waals surface area contributed by atoms with E-state index in [1.54, 1.807) is 0 Å². The largest absolute Gasteiger partial charge is 0.370 e. The minimum absolute atomic E-state index is 0.0902. The highest BCUT2D eigenvalue weighted by Crippen LogP contribution is 2.31. The number of anilines is 2. The Bertz CT molecular complexity index is 803. The maximum absolute atomic E-state index is 12.7. The van der Waals surface area contributed by atoms with Gasteiger partial charge in [0, 0.05) is 37.4 Å². The zero-order valence-electron chi connectivity index (χ0n) is 15.3. The van der Waals surface area contributed by atoms with Gasteiger partial charge >= 0.3 is 0 Å². The highest BCUT2D eigenvalue weighted by molar-refractivity contribution is 6.01. The third-order valence-corrected chi connectivity index (χ3v) is 4.75. The van der Waals surface area contributed by atoms with E-state index < -0.39 is 5.92 Å². The van der Waals surface area contributed by atoms with Crippen LogP contribution < -0.4 is 15.5 Å². The van der Waals surface area contributed by atoms with Gasteiger partial charge in [-0.1, -0.05) is 30.3 Å². The Labute approximate surface area is 154 Å². The predicted molar refractivity (Wildman–Crippen MR) is 105 cm³/mol. The Balaban J connectivity index is 1.61. The van der Waals surface area contributed by atoms with Gasteiger partial charge in [0.15, 0.2) is 0 Å². The molecule has 0 radical (unpaired) electrons. The van der Waals surface area contributed by atoms with E-state index in [2.05, 4.69) is 47.6 Å². The van der Waals surface area contributed by atoms with Gasteiger partial charge in [-0.3, -0.25) is 9.59 Å². The van der Waals surface area contributed by atoms with Crippen LogP contribution in [0, 0.1) is 6.92 Å². The van der Waals surface area contributed by atoms with Crippen molar-refractivity contribution >= 4 is 23.2 Å². The molecule has 0 aliphatic carbocycles. The number of aryl methyl sites for hydroxylation is 1. The second-order valence-corrected chi connectivity index (χ2v) is 6.60. The highest BCUT2D eigenvalue weighted by Gasteiger charge is 2.30. The summed E-state index contributed by atoms with van der Waals surface area (Å²) in [5, 5.41) is 5.83. The molecule has 0 saturated carbocycles. The van der Waals surface area contributed by atoms with E-state index in [1.165, 1.54) is 5.56 Å². The van der Waals surface area contributed by atoms with Crippen molar-refractivity contribution in [1.29, 1.82) is 0 Å². The van der Waals surface area contributed by atoms with Crippen LogP contribution in [0.4, 0.5) is 11.4 Å². The molecule has 1 unspecified atom stereocenters. The molecule has 1 aliphatic rings. The number of hydrogen-bond donors (Lipinski definition) is 2. The molecule has 1 atom stereocenters. The summed E-state index contributed by atoms with van der Waals surface area (Å²) in [6, 6.07) is 15.8. The van der Waals surface area contributed by atoms with Crippen LogP contribution >= 0.6 is 0 Å². The monoisotopic (exact) mass is 351 g/mol. The summed E-state index contributed by atoms with van der Waals surface area (Å²) in [7, 11) is 0. The van der Waals surface area contributed by atoms with Crippen LogP contribution in [0.3, 0.4) is 0 Å². The van der Waals surface area contributed by atoms with Gasteiger partial charge in [0.2, 0.25) is 11.8 Å². The summed E-state index contributed by atoms with van der Waals surface area (Å²) in [5.41, 5.74) is 3.99. The number of hydrogen-bond acceptors (Lipinski definition) is 3. The minimum Gasteiger partial charge on any atom is -0.370 e. The van der Waals surface area contributed by atoms with Crippen molar-refractivity contribution in [1.82, 2.24) is 5.32 Å². The minimum atomic E-state index is -0.422. The van der Waals surface area contributed by atoms with Crippen molar-refractivity contribution in [3.63, 3.8) is 0 Å². The Morgan fingerprint density at radius 3 is 2.81 bits per heavy atom. The van der Waals surface area contributed by atoms with Gasteiger partial charge in [0.05, 0.1) is 5.92 Å². The Kier molecular flexibility index (Phi) is 5.56. The first-order chi connectivity index (χ1) is 12.6. The Hall–Kier alpha value is -2.82. The van der Waals surface area contributed by atoms with Gasteiger partial charge in [0.25, 0.3) is 0 Å². The number of carbonyl (C=O) groups excluding carboxylic acids is 2. The van der Waals surface area contributed by atoms with Gasteiger partial charge in [-0.2, -0.15) is 0 Å². The van der Waals surface area contributed by atoms with Crippen LogP contribution in [-0.2, 0) is 9.59 Å². The molecule has 2 amide bonds. The molecule has 1 aliphatic heterocycles. The molecule has 0 aromatic heterocycles. The lowest BCUT2D eigenvalue weighted by molar-refractivity contribution is -0.126. The third-order valence-electron chi connectivity index (χ3n) is 4.75. The van der Waals surface area contributed by atoms with E-state index >= 15 is 0 Å². The lowest BCUT2D eigenvalue weighted by Crippen LogP contribution is -2.39. The fourth-order valence-electron chi connectivity index (χ4n) is 3.38. The topological polar surface area (TPSA) is 61.4 Å². The zero-order valence-corrected chi connectivity index (χ0v) is 15.3. The molecule has 0 saturated heterocycles. The molecular formula is C21H25N3O2. The normalized spacial score (nSPS) is 15.8. The molecular weight excluding hydrogens is 326 g/mol. The van der Waals surface area contributed by atoms with Crippen molar-refractivity contribution in [3.8, 4) is 0 Å². The maximum Gasteiger partial charge on any atom is 0.228 e. The average Bonchev–Trinajstić information content (AvgIpc) is 2.64. The molecule has 3 rings (SSSR count). The number of nitrogens with one attached hydrogen (secondary N) is 2. The zero-order chi connectivity index (χ0) is 18.5. The number of nitrogens with zero attached hydrogens (tertiary/aromatic N) is 1. The molecule has 0 spiro atoms. The summed E-state index contributed by atoms with van der Waals surface area (Å²) in [5.74, 6) is -0.625. The first kappa shape index (κ1) is 18.0. The van der Waals surface area contributed by atoms with Gasteiger partial charge in [-0.25, -0.2) is 0 Å². The summed E-state index contributed by atoms with van der Waals surface area (Å²) in [6.07, 6.45) is 0.193. The van der Waals surface area contributed by atoms with E-state index in [0.717, 1.165) is 30.0 Å². The van der Waals surface area contributed by atoms with E-state index in [0.29, 0.717) is 6.54 Å². The maximum atomic E-state index is 12.7. The highest BCUT2D eigenvalue weighted by atomic mass is 16.2. The number of benzene rings is 2. The van der Waals surface area contributed by atoms with Crippen molar-refractivity contribution in [2.45, 2.75) is 26.2 Å². The molecule has 1 heterocycles. The van der Waals surface area contributed by atoms with Crippen LogP contribution in [-0.4, -0.2) is 31.4 Å². The van der Waals surface area contributed by atoms with Crippen LogP contribution in [0.15, 0.2) is 48.5 Å². The summed E-state index contributed by atoms with van der Waals surface area (Å²) < 4.78 is 0. The van der Waals surface area contributed by atoms with Crippen molar-refractivity contribution in [2.75, 3.05) is 29.9 Å². The number of carbonyl (C=O) groups is 2. The number of para-hydroxylation sites is 1. The average molecular weight is 351 g/mol. The lowest BCUT2D eigenvalue weighted by atomic mass is 9.90. The predicted octanol–water partition coefficient (Wildman–Crippen LogP) is 3.06. The standard InChI is InChI=1S/C21H25N3O2/c1-3-24(16-8-6-7-15(2)13-16)12-11-22-21(26)18-14-20(25)23-19-10-5-4-9-17(18)19/h4-10,13,18H,3,11-12,14H2,1-2H3,(H,22,26)(H,23,25). The summed E-state index contributed by atoms with van der Waals surface area (Å²) in [6.45, 7) is 6.32. The van der Waals surface area contributed by atoms with E-state index in [-0.39, 0.29) is 18.2 Å². The molecule has 0 bridgehead atoms. The van der Waals surface area contributed by atoms with E-state index in [4.69, 9.17) is 0 Å². The number of amides is 2. The number of fused-ring (bicyclic) bond motifs is 1. The second kappa shape index (κ2) is 8.04. The Morgan fingerprint density at radius 2 is 2.04 bits per heavy atom. The van der Waals surface area contributed by atoms with E-state index in [9.17, 15) is 9.59 Å². The first-order valence-corrected chi connectivity index (χ1v) is 9.06. The van der Waals surface area contributed by atoms with Gasteiger partial charge in [-0.05, 0) is 43.2 Å². The first-order valence-electron chi connectivity index (χ1n) is 9.06. The SMILES string of the molecule is CCN(CCNC(=O)C1CC(=O)Nc2ccccc21)c1cccc(C)c1. The lowest BCUT2D eigenvalue weighted by Gasteiger charge is -2.26. The number of rotatable bonds is 6.